The van der Waals surface area contributed by atoms with E-state index in [9.17, 15) is 0 Å². The average molecular weight is 282 g/mol. The van der Waals surface area contributed by atoms with Crippen LogP contribution in [0.15, 0.2) is 36.4 Å². The Balaban J connectivity index is 1.82. The number of nitrogens with zero attached hydrogens (tertiary/aromatic N) is 1. The number of para-hydroxylation sites is 1. The molecule has 1 aliphatic rings. The summed E-state index contributed by atoms with van der Waals surface area (Å²) in [5, 5.41) is 4.78. The van der Waals surface area contributed by atoms with Gasteiger partial charge in [-0.3, -0.25) is 4.98 Å². The molecule has 1 saturated carbocycles. The van der Waals surface area contributed by atoms with Crippen LogP contribution in [0, 0.1) is 11.3 Å². The maximum atomic E-state index is 4.84. The number of rotatable bonds is 4. The smallest absolute Gasteiger partial charge is 0.0705 e. The van der Waals surface area contributed by atoms with Crippen molar-refractivity contribution in [3.63, 3.8) is 0 Å². The van der Waals surface area contributed by atoms with Crippen molar-refractivity contribution in [3.8, 4) is 0 Å². The van der Waals surface area contributed by atoms with Crippen molar-refractivity contribution in [1.82, 2.24) is 10.3 Å². The van der Waals surface area contributed by atoms with Crippen molar-refractivity contribution < 1.29 is 0 Å². The topological polar surface area (TPSA) is 24.9 Å². The van der Waals surface area contributed by atoms with Crippen molar-refractivity contribution in [2.45, 2.75) is 45.6 Å². The second-order valence-corrected chi connectivity index (χ2v) is 7.08. The number of likely N-dealkylation sites (N-methyl/N-ethyl adjacent to an activating group) is 1. The van der Waals surface area contributed by atoms with Gasteiger partial charge in [0.25, 0.3) is 0 Å². The summed E-state index contributed by atoms with van der Waals surface area (Å²) in [5.41, 5.74) is 2.76. The molecule has 3 rings (SSSR count). The Hall–Kier alpha value is -1.41. The molecule has 0 aliphatic heterocycles. The van der Waals surface area contributed by atoms with Crippen LogP contribution in [0.3, 0.4) is 0 Å². The van der Waals surface area contributed by atoms with E-state index in [2.05, 4.69) is 62.6 Å². The fourth-order valence-corrected chi connectivity index (χ4v) is 3.99. The van der Waals surface area contributed by atoms with Crippen molar-refractivity contribution in [1.29, 1.82) is 0 Å². The Morgan fingerprint density at radius 3 is 2.76 bits per heavy atom. The van der Waals surface area contributed by atoms with Crippen molar-refractivity contribution >= 4 is 10.9 Å². The summed E-state index contributed by atoms with van der Waals surface area (Å²) in [6, 6.07) is 13.3. The van der Waals surface area contributed by atoms with Gasteiger partial charge < -0.3 is 5.32 Å². The van der Waals surface area contributed by atoms with Crippen LogP contribution < -0.4 is 5.32 Å². The van der Waals surface area contributed by atoms with Crippen molar-refractivity contribution in [3.05, 3.63) is 42.1 Å². The third-order valence-electron chi connectivity index (χ3n) is 5.28. The maximum absolute atomic E-state index is 4.84. The third-order valence-corrected chi connectivity index (χ3v) is 5.28. The van der Waals surface area contributed by atoms with Gasteiger partial charge in [0.05, 0.1) is 5.52 Å². The highest BCUT2D eigenvalue weighted by Crippen LogP contribution is 2.44. The second kappa shape index (κ2) is 5.76. The van der Waals surface area contributed by atoms with Gasteiger partial charge in [-0.15, -0.1) is 0 Å². The first-order valence-electron chi connectivity index (χ1n) is 8.12. The molecule has 1 aromatic heterocycles. The van der Waals surface area contributed by atoms with Gasteiger partial charge in [-0.25, -0.2) is 0 Å². The number of pyridine rings is 1. The molecule has 2 aromatic rings. The first kappa shape index (κ1) is 14.5. The van der Waals surface area contributed by atoms with Crippen LogP contribution in [0.25, 0.3) is 10.9 Å². The molecule has 2 unspecified atom stereocenters. The fraction of sp³-hybridized carbons (Fsp3) is 0.526. The summed E-state index contributed by atoms with van der Waals surface area (Å²) in [4.78, 5) is 4.84. The second-order valence-electron chi connectivity index (χ2n) is 7.08. The number of aromatic nitrogens is 1. The molecule has 2 heteroatoms. The van der Waals surface area contributed by atoms with Crippen molar-refractivity contribution in [2.24, 2.45) is 11.3 Å². The van der Waals surface area contributed by atoms with Gasteiger partial charge in [-0.1, -0.05) is 44.5 Å². The van der Waals surface area contributed by atoms with Gasteiger partial charge in [0, 0.05) is 23.5 Å². The van der Waals surface area contributed by atoms with E-state index >= 15 is 0 Å². The first-order valence-corrected chi connectivity index (χ1v) is 8.12. The first-order chi connectivity index (χ1) is 10.1. The molecule has 1 aliphatic carbocycles. The van der Waals surface area contributed by atoms with Crippen LogP contribution in [-0.2, 0) is 6.42 Å². The van der Waals surface area contributed by atoms with Gasteiger partial charge in [-0.2, -0.15) is 0 Å². The van der Waals surface area contributed by atoms with Crippen LogP contribution in [0.1, 0.15) is 38.8 Å². The Morgan fingerprint density at radius 1 is 1.24 bits per heavy atom. The molecule has 112 valence electrons. The summed E-state index contributed by atoms with van der Waals surface area (Å²) in [7, 11) is 2.10. The predicted octanol–water partition coefficient (Wildman–Crippen LogP) is 4.19. The summed E-state index contributed by atoms with van der Waals surface area (Å²) in [5.74, 6) is 0.746. The Bertz CT molecular complexity index is 618. The molecule has 1 fully saturated rings. The Kier molecular flexibility index (Phi) is 3.99. The molecule has 2 nitrogen and oxygen atoms in total. The zero-order chi connectivity index (χ0) is 14.9. The lowest BCUT2D eigenvalue weighted by Gasteiger charge is -2.34. The highest BCUT2D eigenvalue weighted by Gasteiger charge is 2.38. The molecule has 0 radical (unpaired) electrons. The number of nitrogens with one attached hydrogen (secondary N) is 1. The number of hydrogen-bond donors (Lipinski definition) is 1. The van der Waals surface area contributed by atoms with Gasteiger partial charge in [0.15, 0.2) is 0 Å². The van der Waals surface area contributed by atoms with E-state index in [1.165, 1.54) is 30.3 Å². The fourth-order valence-electron chi connectivity index (χ4n) is 3.99. The third kappa shape index (κ3) is 2.96. The van der Waals surface area contributed by atoms with Crippen LogP contribution >= 0.6 is 0 Å². The zero-order valence-corrected chi connectivity index (χ0v) is 13.4. The molecular formula is C19H26N2. The van der Waals surface area contributed by atoms with E-state index in [-0.39, 0.29) is 0 Å². The van der Waals surface area contributed by atoms with Crippen LogP contribution in [0.2, 0.25) is 0 Å². The molecule has 0 saturated heterocycles. The quantitative estimate of drug-likeness (QED) is 0.909. The normalized spacial score (nSPS) is 22.5. The molecule has 1 aromatic carbocycles. The molecular weight excluding hydrogens is 256 g/mol. The number of hydrogen-bond acceptors (Lipinski definition) is 2. The predicted molar refractivity (Wildman–Crippen MR) is 89.4 cm³/mol. The Morgan fingerprint density at radius 2 is 2.05 bits per heavy atom. The van der Waals surface area contributed by atoms with Gasteiger partial charge >= 0.3 is 0 Å². The zero-order valence-electron chi connectivity index (χ0n) is 13.4. The lowest BCUT2D eigenvalue weighted by molar-refractivity contribution is 0.201. The average Bonchev–Trinajstić information content (AvgIpc) is 2.84. The minimum atomic E-state index is 0.449. The minimum Gasteiger partial charge on any atom is -0.316 e. The largest absolute Gasteiger partial charge is 0.316 e. The highest BCUT2D eigenvalue weighted by atomic mass is 14.9. The number of fused-ring (bicyclic) bond motifs is 1. The number of benzene rings is 1. The Labute approximate surface area is 128 Å². The summed E-state index contributed by atoms with van der Waals surface area (Å²) in [6.07, 6.45) is 5.07. The van der Waals surface area contributed by atoms with Gasteiger partial charge in [0.1, 0.15) is 0 Å². The van der Waals surface area contributed by atoms with Gasteiger partial charge in [-0.05, 0) is 43.4 Å². The standard InChI is InChI=1S/C19H26N2/c1-19(2)12-6-8-16(19)18(20-3)13-15-11-10-14-7-4-5-9-17(14)21-15/h4-5,7,9-11,16,18,20H,6,8,12-13H2,1-3H3. The van der Waals surface area contributed by atoms with E-state index in [1.54, 1.807) is 0 Å². The van der Waals surface area contributed by atoms with E-state index in [4.69, 9.17) is 4.98 Å². The summed E-state index contributed by atoms with van der Waals surface area (Å²) >= 11 is 0. The molecule has 0 spiro atoms. The molecule has 0 amide bonds. The van der Waals surface area contributed by atoms with E-state index in [1.807, 2.05) is 0 Å². The SMILES string of the molecule is CNC(Cc1ccc2ccccc2n1)C1CCCC1(C)C. The van der Waals surface area contributed by atoms with Gasteiger partial charge in [0.2, 0.25) is 0 Å². The van der Waals surface area contributed by atoms with Crippen LogP contribution in [0.5, 0.6) is 0 Å². The summed E-state index contributed by atoms with van der Waals surface area (Å²) < 4.78 is 0. The summed E-state index contributed by atoms with van der Waals surface area (Å²) in [6.45, 7) is 4.84. The minimum absolute atomic E-state index is 0.449. The van der Waals surface area contributed by atoms with E-state index in [0.717, 1.165) is 17.9 Å². The molecule has 1 N–H and O–H groups in total. The maximum Gasteiger partial charge on any atom is 0.0705 e. The lowest BCUT2D eigenvalue weighted by Crippen LogP contribution is -2.40. The highest BCUT2D eigenvalue weighted by molar-refractivity contribution is 5.78. The monoisotopic (exact) mass is 282 g/mol. The molecule has 21 heavy (non-hydrogen) atoms. The lowest BCUT2D eigenvalue weighted by atomic mass is 9.76. The molecule has 1 heterocycles. The van der Waals surface area contributed by atoms with Crippen LogP contribution in [0.4, 0.5) is 0 Å². The van der Waals surface area contributed by atoms with E-state index in [0.29, 0.717) is 11.5 Å². The molecule has 0 bridgehead atoms. The van der Waals surface area contributed by atoms with Crippen molar-refractivity contribution in [2.75, 3.05) is 7.05 Å². The van der Waals surface area contributed by atoms with E-state index < -0.39 is 0 Å². The van der Waals surface area contributed by atoms with Crippen LogP contribution in [-0.4, -0.2) is 18.1 Å². The molecule has 2 atom stereocenters.